The SMILES string of the molecule is COc1ccc2c(c1)CC(CN)CC2O. The Hall–Kier alpha value is -1.06. The van der Waals surface area contributed by atoms with Gasteiger partial charge in [-0.2, -0.15) is 0 Å². The third-order valence-electron chi connectivity index (χ3n) is 3.11. The molecule has 1 aromatic carbocycles. The number of fused-ring (bicyclic) bond motifs is 1. The average molecular weight is 207 g/mol. The molecule has 0 aliphatic heterocycles. The van der Waals surface area contributed by atoms with Crippen molar-refractivity contribution in [1.82, 2.24) is 0 Å². The molecule has 15 heavy (non-hydrogen) atoms. The van der Waals surface area contributed by atoms with E-state index in [1.165, 1.54) is 5.56 Å². The second kappa shape index (κ2) is 4.21. The van der Waals surface area contributed by atoms with Gasteiger partial charge in [0.2, 0.25) is 0 Å². The summed E-state index contributed by atoms with van der Waals surface area (Å²) in [7, 11) is 1.65. The summed E-state index contributed by atoms with van der Waals surface area (Å²) in [6, 6.07) is 5.84. The van der Waals surface area contributed by atoms with E-state index in [4.69, 9.17) is 10.5 Å². The maximum Gasteiger partial charge on any atom is 0.119 e. The number of methoxy groups -OCH3 is 1. The topological polar surface area (TPSA) is 55.5 Å². The van der Waals surface area contributed by atoms with E-state index < -0.39 is 0 Å². The van der Waals surface area contributed by atoms with Gasteiger partial charge in [0.15, 0.2) is 0 Å². The van der Waals surface area contributed by atoms with Crippen LogP contribution in [0, 0.1) is 5.92 Å². The van der Waals surface area contributed by atoms with E-state index in [1.807, 2.05) is 18.2 Å². The number of aliphatic hydroxyl groups is 1. The predicted molar refractivity (Wildman–Crippen MR) is 58.8 cm³/mol. The molecule has 0 saturated heterocycles. The largest absolute Gasteiger partial charge is 0.497 e. The minimum atomic E-state index is -0.367. The Morgan fingerprint density at radius 2 is 2.33 bits per heavy atom. The third-order valence-corrected chi connectivity index (χ3v) is 3.11. The number of ether oxygens (including phenoxy) is 1. The molecule has 2 unspecified atom stereocenters. The number of hydrogen-bond acceptors (Lipinski definition) is 3. The zero-order valence-electron chi connectivity index (χ0n) is 8.94. The summed E-state index contributed by atoms with van der Waals surface area (Å²) in [4.78, 5) is 0. The van der Waals surface area contributed by atoms with Crippen LogP contribution in [0.4, 0.5) is 0 Å². The molecule has 0 saturated carbocycles. The van der Waals surface area contributed by atoms with Crippen LogP contribution in [-0.4, -0.2) is 18.8 Å². The Bertz CT molecular complexity index is 351. The summed E-state index contributed by atoms with van der Waals surface area (Å²) in [6.45, 7) is 0.633. The van der Waals surface area contributed by atoms with Crippen molar-refractivity contribution in [3.05, 3.63) is 29.3 Å². The van der Waals surface area contributed by atoms with Crippen molar-refractivity contribution >= 4 is 0 Å². The minimum Gasteiger partial charge on any atom is -0.497 e. The van der Waals surface area contributed by atoms with Crippen LogP contribution in [0.1, 0.15) is 23.7 Å². The van der Waals surface area contributed by atoms with Crippen molar-refractivity contribution in [2.45, 2.75) is 18.9 Å². The lowest BCUT2D eigenvalue weighted by atomic mass is 9.82. The second-order valence-corrected chi connectivity index (χ2v) is 4.12. The van der Waals surface area contributed by atoms with Crippen molar-refractivity contribution < 1.29 is 9.84 Å². The van der Waals surface area contributed by atoms with Gasteiger partial charge in [-0.3, -0.25) is 0 Å². The predicted octanol–water partition coefficient (Wildman–Crippen LogP) is 1.25. The molecule has 3 heteroatoms. The summed E-state index contributed by atoms with van der Waals surface area (Å²) in [5.74, 6) is 1.23. The Morgan fingerprint density at radius 1 is 1.53 bits per heavy atom. The van der Waals surface area contributed by atoms with Crippen molar-refractivity contribution in [3.8, 4) is 5.75 Å². The highest BCUT2D eigenvalue weighted by molar-refractivity contribution is 5.38. The number of benzene rings is 1. The van der Waals surface area contributed by atoms with E-state index in [1.54, 1.807) is 7.11 Å². The van der Waals surface area contributed by atoms with Crippen LogP contribution < -0.4 is 10.5 Å². The van der Waals surface area contributed by atoms with Gasteiger partial charge in [-0.25, -0.2) is 0 Å². The number of hydrogen-bond donors (Lipinski definition) is 2. The number of aliphatic hydroxyl groups excluding tert-OH is 1. The Labute approximate surface area is 89.9 Å². The molecule has 0 amide bonds. The lowest BCUT2D eigenvalue weighted by Gasteiger charge is -2.28. The molecule has 1 aromatic rings. The third kappa shape index (κ3) is 1.98. The summed E-state index contributed by atoms with van der Waals surface area (Å²) < 4.78 is 5.17. The van der Waals surface area contributed by atoms with Crippen LogP contribution in [0.2, 0.25) is 0 Å². The lowest BCUT2D eigenvalue weighted by Crippen LogP contribution is -2.24. The first kappa shape index (κ1) is 10.5. The van der Waals surface area contributed by atoms with Crippen molar-refractivity contribution in [3.63, 3.8) is 0 Å². The van der Waals surface area contributed by atoms with Crippen molar-refractivity contribution in [2.75, 3.05) is 13.7 Å². The van der Waals surface area contributed by atoms with Gasteiger partial charge in [-0.1, -0.05) is 6.07 Å². The highest BCUT2D eigenvalue weighted by Crippen LogP contribution is 2.34. The van der Waals surface area contributed by atoms with Gasteiger partial charge in [-0.05, 0) is 48.6 Å². The molecule has 3 N–H and O–H groups in total. The first-order valence-electron chi connectivity index (χ1n) is 5.29. The lowest BCUT2D eigenvalue weighted by molar-refractivity contribution is 0.133. The number of rotatable bonds is 2. The van der Waals surface area contributed by atoms with E-state index in [-0.39, 0.29) is 6.10 Å². The van der Waals surface area contributed by atoms with Gasteiger partial charge < -0.3 is 15.6 Å². The average Bonchev–Trinajstić information content (AvgIpc) is 2.28. The van der Waals surface area contributed by atoms with Crippen molar-refractivity contribution in [1.29, 1.82) is 0 Å². The van der Waals surface area contributed by atoms with Crippen LogP contribution in [-0.2, 0) is 6.42 Å². The van der Waals surface area contributed by atoms with E-state index in [0.29, 0.717) is 12.5 Å². The highest BCUT2D eigenvalue weighted by atomic mass is 16.5. The Balaban J connectivity index is 2.33. The summed E-state index contributed by atoms with van der Waals surface area (Å²) in [5.41, 5.74) is 7.85. The standard InChI is InChI=1S/C12H17NO2/c1-15-10-2-3-11-9(6-10)4-8(7-13)5-12(11)14/h2-3,6,8,12,14H,4-5,7,13H2,1H3. The summed E-state index contributed by atoms with van der Waals surface area (Å²) in [5, 5.41) is 9.93. The zero-order valence-corrected chi connectivity index (χ0v) is 8.94. The molecular weight excluding hydrogens is 190 g/mol. The fourth-order valence-corrected chi connectivity index (χ4v) is 2.23. The molecule has 0 radical (unpaired) electrons. The van der Waals surface area contributed by atoms with Gasteiger partial charge in [0.25, 0.3) is 0 Å². The molecule has 1 aliphatic carbocycles. The van der Waals surface area contributed by atoms with Gasteiger partial charge >= 0.3 is 0 Å². The van der Waals surface area contributed by atoms with Gasteiger partial charge in [-0.15, -0.1) is 0 Å². The quantitative estimate of drug-likeness (QED) is 0.767. The molecule has 0 heterocycles. The molecule has 2 atom stereocenters. The Morgan fingerprint density at radius 3 is 3.00 bits per heavy atom. The minimum absolute atomic E-state index is 0.367. The highest BCUT2D eigenvalue weighted by Gasteiger charge is 2.24. The first-order valence-corrected chi connectivity index (χ1v) is 5.29. The molecule has 0 bridgehead atoms. The fourth-order valence-electron chi connectivity index (χ4n) is 2.23. The summed E-state index contributed by atoms with van der Waals surface area (Å²) in [6.07, 6.45) is 1.35. The fraction of sp³-hybridized carbons (Fsp3) is 0.500. The normalized spacial score (nSPS) is 24.7. The summed E-state index contributed by atoms with van der Waals surface area (Å²) >= 11 is 0. The molecule has 82 valence electrons. The van der Waals surface area contributed by atoms with E-state index in [9.17, 15) is 5.11 Å². The van der Waals surface area contributed by atoms with Crippen LogP contribution in [0.5, 0.6) is 5.75 Å². The monoisotopic (exact) mass is 207 g/mol. The first-order chi connectivity index (χ1) is 7.24. The van der Waals surface area contributed by atoms with E-state index in [2.05, 4.69) is 0 Å². The molecule has 1 aliphatic rings. The van der Waals surface area contributed by atoms with Crippen LogP contribution in [0.3, 0.4) is 0 Å². The van der Waals surface area contributed by atoms with E-state index in [0.717, 1.165) is 24.2 Å². The molecular formula is C12H17NO2. The van der Waals surface area contributed by atoms with Crippen molar-refractivity contribution in [2.24, 2.45) is 11.7 Å². The van der Waals surface area contributed by atoms with Gasteiger partial charge in [0.05, 0.1) is 13.2 Å². The van der Waals surface area contributed by atoms with E-state index >= 15 is 0 Å². The molecule has 0 spiro atoms. The van der Waals surface area contributed by atoms with Gasteiger partial charge in [0.1, 0.15) is 5.75 Å². The van der Waals surface area contributed by atoms with Crippen LogP contribution in [0.25, 0.3) is 0 Å². The maximum absolute atomic E-state index is 9.93. The molecule has 2 rings (SSSR count). The number of nitrogens with two attached hydrogens (primary N) is 1. The maximum atomic E-state index is 9.93. The molecule has 0 fully saturated rings. The molecule has 0 aromatic heterocycles. The smallest absolute Gasteiger partial charge is 0.119 e. The Kier molecular flexibility index (Phi) is 2.93. The second-order valence-electron chi connectivity index (χ2n) is 4.12. The zero-order chi connectivity index (χ0) is 10.8. The van der Waals surface area contributed by atoms with Gasteiger partial charge in [0, 0.05) is 0 Å². The van der Waals surface area contributed by atoms with Crippen LogP contribution >= 0.6 is 0 Å². The van der Waals surface area contributed by atoms with Crippen LogP contribution in [0.15, 0.2) is 18.2 Å². The molecule has 3 nitrogen and oxygen atoms in total.